The van der Waals surface area contributed by atoms with E-state index in [1.165, 1.54) is 6.33 Å². The quantitative estimate of drug-likeness (QED) is 0.152. The summed E-state index contributed by atoms with van der Waals surface area (Å²) in [6.07, 6.45) is 1.27. The number of nitro groups is 1. The largest absolute Gasteiger partial charge is 0.462 e. The molecule has 2 N–H and O–H groups in total. The predicted octanol–water partition coefficient (Wildman–Crippen LogP) is 6.14. The first-order chi connectivity index (χ1) is 17.9. The summed E-state index contributed by atoms with van der Waals surface area (Å²) >= 11 is 0. The summed E-state index contributed by atoms with van der Waals surface area (Å²) in [5.41, 5.74) is 2.47. The molecule has 0 bridgehead atoms. The Morgan fingerprint density at radius 3 is 2.00 bits per heavy atom. The molecule has 188 valence electrons. The summed E-state index contributed by atoms with van der Waals surface area (Å²) in [6.45, 7) is 4.24. The second kappa shape index (κ2) is 11.8. The Morgan fingerprint density at radius 2 is 1.46 bits per heavy atom. The SMILES string of the molecule is CC(C)COC(=O)c1ccc(Nc2ncnc(NC(c3ccccc3)c3ccccc3)c2[N+](=O)[O-])cc1. The van der Waals surface area contributed by atoms with Crippen LogP contribution < -0.4 is 10.6 Å². The van der Waals surface area contributed by atoms with Gasteiger partial charge < -0.3 is 15.4 Å². The molecule has 0 aliphatic rings. The summed E-state index contributed by atoms with van der Waals surface area (Å²) in [5, 5.41) is 18.4. The van der Waals surface area contributed by atoms with Crippen molar-refractivity contribution in [3.8, 4) is 0 Å². The lowest BCUT2D eigenvalue weighted by Gasteiger charge is -2.20. The van der Waals surface area contributed by atoms with E-state index in [4.69, 9.17) is 4.74 Å². The van der Waals surface area contributed by atoms with Crippen LogP contribution in [-0.2, 0) is 4.74 Å². The van der Waals surface area contributed by atoms with Crippen LogP contribution >= 0.6 is 0 Å². The van der Waals surface area contributed by atoms with Gasteiger partial charge in [0.25, 0.3) is 0 Å². The number of rotatable bonds is 10. The molecule has 0 fully saturated rings. The Labute approximate surface area is 214 Å². The fraction of sp³-hybridized carbons (Fsp3) is 0.179. The van der Waals surface area contributed by atoms with Crippen LogP contribution in [0, 0.1) is 16.0 Å². The molecular weight excluding hydrogens is 470 g/mol. The number of esters is 1. The summed E-state index contributed by atoms with van der Waals surface area (Å²) in [6, 6.07) is 25.4. The monoisotopic (exact) mass is 497 g/mol. The number of aromatic nitrogens is 2. The minimum atomic E-state index is -0.518. The fourth-order valence-corrected chi connectivity index (χ4v) is 3.69. The second-order valence-electron chi connectivity index (χ2n) is 8.77. The van der Waals surface area contributed by atoms with Gasteiger partial charge in [0.05, 0.1) is 23.1 Å². The van der Waals surface area contributed by atoms with E-state index >= 15 is 0 Å². The van der Waals surface area contributed by atoms with Crippen LogP contribution in [0.5, 0.6) is 0 Å². The normalized spacial score (nSPS) is 10.8. The van der Waals surface area contributed by atoms with E-state index in [0.717, 1.165) is 11.1 Å². The average Bonchev–Trinajstić information content (AvgIpc) is 2.91. The molecule has 0 spiro atoms. The molecular formula is C28H27N5O4. The molecule has 4 rings (SSSR count). The van der Waals surface area contributed by atoms with Crippen LogP contribution in [0.4, 0.5) is 23.0 Å². The van der Waals surface area contributed by atoms with Crippen molar-refractivity contribution in [3.63, 3.8) is 0 Å². The van der Waals surface area contributed by atoms with Crippen LogP contribution in [0.25, 0.3) is 0 Å². The minimum Gasteiger partial charge on any atom is -0.462 e. The Morgan fingerprint density at radius 1 is 0.892 bits per heavy atom. The fourth-order valence-electron chi connectivity index (χ4n) is 3.69. The zero-order valence-electron chi connectivity index (χ0n) is 20.5. The van der Waals surface area contributed by atoms with Gasteiger partial charge in [-0.1, -0.05) is 74.5 Å². The van der Waals surface area contributed by atoms with Crippen molar-refractivity contribution in [1.82, 2.24) is 9.97 Å². The third-order valence-electron chi connectivity index (χ3n) is 5.48. The average molecular weight is 498 g/mol. The van der Waals surface area contributed by atoms with Gasteiger partial charge in [0.2, 0.25) is 11.6 Å². The molecule has 9 nitrogen and oxygen atoms in total. The van der Waals surface area contributed by atoms with Gasteiger partial charge in [-0.25, -0.2) is 14.8 Å². The molecule has 0 aliphatic heterocycles. The zero-order chi connectivity index (χ0) is 26.2. The number of hydrogen-bond donors (Lipinski definition) is 2. The van der Waals surface area contributed by atoms with Gasteiger partial charge in [0, 0.05) is 5.69 Å². The summed E-state index contributed by atoms with van der Waals surface area (Å²) < 4.78 is 5.25. The standard InChI is InChI=1S/C28H27N5O4/c1-19(2)17-37-28(34)22-13-15-23(16-14-22)31-26-25(33(35)36)27(30-18-29-26)32-24(20-9-5-3-6-10-20)21-11-7-4-8-12-21/h3-16,18-19,24H,17H2,1-2H3,(H2,29,30,31,32). The number of nitrogens with one attached hydrogen (secondary N) is 2. The maximum atomic E-state index is 12.2. The lowest BCUT2D eigenvalue weighted by Crippen LogP contribution is -2.15. The first kappa shape index (κ1) is 25.3. The van der Waals surface area contributed by atoms with Crippen LogP contribution in [0.3, 0.4) is 0 Å². The molecule has 0 unspecified atom stereocenters. The maximum absolute atomic E-state index is 12.2. The molecule has 37 heavy (non-hydrogen) atoms. The van der Waals surface area contributed by atoms with Crippen LogP contribution in [0.15, 0.2) is 91.3 Å². The van der Waals surface area contributed by atoms with E-state index in [-0.39, 0.29) is 29.3 Å². The van der Waals surface area contributed by atoms with E-state index in [9.17, 15) is 14.9 Å². The van der Waals surface area contributed by atoms with Crippen LogP contribution in [0.2, 0.25) is 0 Å². The molecule has 0 atom stereocenters. The van der Waals surface area contributed by atoms with Crippen molar-refractivity contribution in [2.24, 2.45) is 5.92 Å². The highest BCUT2D eigenvalue weighted by Gasteiger charge is 2.26. The molecule has 0 amide bonds. The van der Waals surface area contributed by atoms with Gasteiger partial charge in [-0.15, -0.1) is 0 Å². The van der Waals surface area contributed by atoms with E-state index < -0.39 is 10.9 Å². The molecule has 9 heteroatoms. The van der Waals surface area contributed by atoms with Crippen molar-refractivity contribution in [3.05, 3.63) is 118 Å². The minimum absolute atomic E-state index is 0.0255. The highest BCUT2D eigenvalue weighted by atomic mass is 16.6. The number of carbonyl (C=O) groups excluding carboxylic acids is 1. The molecule has 3 aromatic carbocycles. The molecule has 1 aromatic heterocycles. The smallest absolute Gasteiger partial charge is 0.353 e. The van der Waals surface area contributed by atoms with Crippen LogP contribution in [-0.4, -0.2) is 27.5 Å². The summed E-state index contributed by atoms with van der Waals surface area (Å²) in [7, 11) is 0. The number of benzene rings is 3. The Bertz CT molecular complexity index is 1310. The summed E-state index contributed by atoms with van der Waals surface area (Å²) in [4.78, 5) is 32.1. The molecule has 1 heterocycles. The highest BCUT2D eigenvalue weighted by molar-refractivity contribution is 5.90. The number of hydrogen-bond acceptors (Lipinski definition) is 8. The molecule has 4 aromatic rings. The third-order valence-corrected chi connectivity index (χ3v) is 5.48. The van der Waals surface area contributed by atoms with Crippen molar-refractivity contribution in [2.75, 3.05) is 17.2 Å². The second-order valence-corrected chi connectivity index (χ2v) is 8.77. The van der Waals surface area contributed by atoms with Crippen molar-refractivity contribution in [1.29, 1.82) is 0 Å². The van der Waals surface area contributed by atoms with E-state index in [2.05, 4.69) is 20.6 Å². The zero-order valence-corrected chi connectivity index (χ0v) is 20.5. The first-order valence-corrected chi connectivity index (χ1v) is 11.8. The van der Waals surface area contributed by atoms with Gasteiger partial charge in [-0.05, 0) is 41.3 Å². The summed E-state index contributed by atoms with van der Waals surface area (Å²) in [5.74, 6) is -0.0893. The topological polar surface area (TPSA) is 119 Å². The lowest BCUT2D eigenvalue weighted by atomic mass is 9.99. The molecule has 0 radical (unpaired) electrons. The Hall–Kier alpha value is -4.79. The molecule has 0 saturated carbocycles. The van der Waals surface area contributed by atoms with Crippen molar-refractivity contribution < 1.29 is 14.5 Å². The predicted molar refractivity (Wildman–Crippen MR) is 142 cm³/mol. The van der Waals surface area contributed by atoms with Gasteiger partial charge >= 0.3 is 11.7 Å². The maximum Gasteiger partial charge on any atom is 0.353 e. The van der Waals surface area contributed by atoms with E-state index in [0.29, 0.717) is 17.9 Å². The third kappa shape index (κ3) is 6.46. The van der Waals surface area contributed by atoms with Gasteiger partial charge in [-0.2, -0.15) is 0 Å². The first-order valence-electron chi connectivity index (χ1n) is 11.8. The Kier molecular flexibility index (Phi) is 8.05. The molecule has 0 saturated heterocycles. The number of anilines is 3. The van der Waals surface area contributed by atoms with E-state index in [1.54, 1.807) is 24.3 Å². The number of carbonyl (C=O) groups is 1. The molecule has 0 aliphatic carbocycles. The van der Waals surface area contributed by atoms with Crippen LogP contribution in [0.1, 0.15) is 41.4 Å². The number of ether oxygens (including phenoxy) is 1. The Balaban J connectivity index is 1.61. The van der Waals surface area contributed by atoms with Crippen molar-refractivity contribution in [2.45, 2.75) is 19.9 Å². The van der Waals surface area contributed by atoms with E-state index in [1.807, 2.05) is 74.5 Å². The van der Waals surface area contributed by atoms with Gasteiger partial charge in [-0.3, -0.25) is 10.1 Å². The lowest BCUT2D eigenvalue weighted by molar-refractivity contribution is -0.383. The van der Waals surface area contributed by atoms with Gasteiger partial charge in [0.15, 0.2) is 0 Å². The van der Waals surface area contributed by atoms with Crippen molar-refractivity contribution >= 4 is 29.0 Å². The highest BCUT2D eigenvalue weighted by Crippen LogP contribution is 2.35. The van der Waals surface area contributed by atoms with Gasteiger partial charge in [0.1, 0.15) is 6.33 Å². The number of nitrogens with zero attached hydrogens (tertiary/aromatic N) is 3.